The van der Waals surface area contributed by atoms with Crippen LogP contribution in [-0.4, -0.2) is 43.3 Å². The number of benzene rings is 2. The van der Waals surface area contributed by atoms with Gasteiger partial charge in [-0.1, -0.05) is 24.3 Å². The highest BCUT2D eigenvalue weighted by Gasteiger charge is 2.25. The second kappa shape index (κ2) is 8.28. The van der Waals surface area contributed by atoms with E-state index in [0.29, 0.717) is 19.5 Å². The number of aromatic nitrogens is 1. The number of carbonyl (C=O) groups is 1. The van der Waals surface area contributed by atoms with E-state index in [1.807, 2.05) is 36.5 Å². The molecule has 0 radical (unpaired) electrons. The Balaban J connectivity index is 1.57. The number of H-pyrrole nitrogens is 1. The van der Waals surface area contributed by atoms with Gasteiger partial charge in [0, 0.05) is 41.8 Å². The smallest absolute Gasteiger partial charge is 0.257 e. The summed E-state index contributed by atoms with van der Waals surface area (Å²) in [6.45, 7) is 4.14. The van der Waals surface area contributed by atoms with Crippen molar-refractivity contribution in [2.75, 3.05) is 13.1 Å². The van der Waals surface area contributed by atoms with Crippen molar-refractivity contribution >= 4 is 32.4 Å². The average molecular weight is 442 g/mol. The van der Waals surface area contributed by atoms with Crippen LogP contribution in [0.3, 0.4) is 0 Å². The van der Waals surface area contributed by atoms with E-state index in [1.54, 1.807) is 13.8 Å². The number of halogens is 1. The van der Waals surface area contributed by atoms with Gasteiger partial charge in [0.05, 0.1) is 10.5 Å². The van der Waals surface area contributed by atoms with Crippen LogP contribution in [-0.2, 0) is 10.0 Å². The summed E-state index contributed by atoms with van der Waals surface area (Å²) in [6.07, 6.45) is 4.56. The van der Waals surface area contributed by atoms with E-state index in [0.717, 1.165) is 34.2 Å². The molecule has 1 aliphatic heterocycles. The van der Waals surface area contributed by atoms with Gasteiger partial charge in [-0.15, -0.1) is 0 Å². The molecule has 0 saturated heterocycles. The monoisotopic (exact) mass is 441 g/mol. The predicted octanol–water partition coefficient (Wildman–Crippen LogP) is 3.92. The van der Waals surface area contributed by atoms with Crippen molar-refractivity contribution in [1.29, 1.82) is 0 Å². The highest BCUT2D eigenvalue weighted by molar-refractivity contribution is 7.89. The Hall–Kier alpha value is -2.97. The molecular weight excluding hydrogens is 417 g/mol. The molecule has 8 heteroatoms. The first kappa shape index (κ1) is 21.3. The number of sulfonamides is 1. The lowest BCUT2D eigenvalue weighted by Gasteiger charge is -2.27. The second-order valence-corrected chi connectivity index (χ2v) is 9.61. The van der Waals surface area contributed by atoms with Crippen molar-refractivity contribution in [3.05, 3.63) is 71.7 Å². The molecule has 0 bridgehead atoms. The Morgan fingerprint density at radius 1 is 1.19 bits per heavy atom. The molecule has 6 nitrogen and oxygen atoms in total. The van der Waals surface area contributed by atoms with Gasteiger partial charge in [-0.2, -0.15) is 0 Å². The Morgan fingerprint density at radius 2 is 1.97 bits per heavy atom. The van der Waals surface area contributed by atoms with Crippen molar-refractivity contribution in [1.82, 2.24) is 14.6 Å². The molecule has 0 atom stereocenters. The van der Waals surface area contributed by atoms with Gasteiger partial charge in [0.15, 0.2) is 0 Å². The molecule has 2 N–H and O–H groups in total. The lowest BCUT2D eigenvalue weighted by molar-refractivity contribution is 0.0768. The summed E-state index contributed by atoms with van der Waals surface area (Å²) in [7, 11) is -3.83. The standard InChI is InChI=1S/C23H24FN3O3S/c1-15(2)26-31(29,30)17-7-8-21(24)19(13-17)23(28)27-11-9-16(10-12-27)20-14-25-22-6-4-3-5-18(20)22/h3-9,13-15,25-26H,10-12H2,1-2H3. The van der Waals surface area contributed by atoms with Gasteiger partial charge >= 0.3 is 0 Å². The van der Waals surface area contributed by atoms with Crippen LogP contribution < -0.4 is 4.72 Å². The van der Waals surface area contributed by atoms with Gasteiger partial charge in [0.25, 0.3) is 5.91 Å². The van der Waals surface area contributed by atoms with Crippen molar-refractivity contribution in [2.24, 2.45) is 0 Å². The number of fused-ring (bicyclic) bond motifs is 1. The van der Waals surface area contributed by atoms with Crippen LogP contribution >= 0.6 is 0 Å². The normalized spacial score (nSPS) is 14.8. The fourth-order valence-electron chi connectivity index (χ4n) is 3.82. The van der Waals surface area contributed by atoms with Gasteiger partial charge in [-0.25, -0.2) is 17.5 Å². The predicted molar refractivity (Wildman–Crippen MR) is 119 cm³/mol. The molecule has 0 unspecified atom stereocenters. The summed E-state index contributed by atoms with van der Waals surface area (Å²) in [5.41, 5.74) is 3.03. The Labute approximate surface area is 180 Å². The molecule has 3 aromatic rings. The van der Waals surface area contributed by atoms with Gasteiger partial charge in [-0.3, -0.25) is 4.79 Å². The third-order valence-electron chi connectivity index (χ3n) is 5.30. The Kier molecular flexibility index (Phi) is 5.68. The summed E-state index contributed by atoms with van der Waals surface area (Å²) in [5.74, 6) is -1.26. The SMILES string of the molecule is CC(C)NS(=O)(=O)c1ccc(F)c(C(=O)N2CC=C(c3c[nH]c4ccccc34)CC2)c1. The van der Waals surface area contributed by atoms with E-state index in [9.17, 15) is 17.6 Å². The van der Waals surface area contributed by atoms with E-state index in [1.165, 1.54) is 11.0 Å². The molecule has 0 spiro atoms. The van der Waals surface area contributed by atoms with Crippen molar-refractivity contribution in [3.63, 3.8) is 0 Å². The van der Waals surface area contributed by atoms with Crippen LogP contribution in [0.2, 0.25) is 0 Å². The third-order valence-corrected chi connectivity index (χ3v) is 6.96. The molecule has 4 rings (SSSR count). The first-order valence-corrected chi connectivity index (χ1v) is 11.6. The highest BCUT2D eigenvalue weighted by atomic mass is 32.2. The summed E-state index contributed by atoms with van der Waals surface area (Å²) in [6, 6.07) is 11.0. The zero-order valence-corrected chi connectivity index (χ0v) is 18.2. The maximum Gasteiger partial charge on any atom is 0.257 e. The minimum Gasteiger partial charge on any atom is -0.361 e. The fourth-order valence-corrected chi connectivity index (χ4v) is 5.10. The fraction of sp³-hybridized carbons (Fsp3) is 0.261. The minimum absolute atomic E-state index is 0.127. The van der Waals surface area contributed by atoms with Crippen LogP contribution in [0.25, 0.3) is 16.5 Å². The van der Waals surface area contributed by atoms with Crippen molar-refractivity contribution < 1.29 is 17.6 Å². The Morgan fingerprint density at radius 3 is 2.68 bits per heavy atom. The van der Waals surface area contributed by atoms with Gasteiger partial charge < -0.3 is 9.88 Å². The number of nitrogens with one attached hydrogen (secondary N) is 2. The minimum atomic E-state index is -3.83. The van der Waals surface area contributed by atoms with Gasteiger partial charge in [0.2, 0.25) is 10.0 Å². The van der Waals surface area contributed by atoms with Crippen LogP contribution in [0.15, 0.2) is 59.6 Å². The van der Waals surface area contributed by atoms with Gasteiger partial charge in [-0.05, 0) is 50.1 Å². The first-order chi connectivity index (χ1) is 14.8. The summed E-state index contributed by atoms with van der Waals surface area (Å²) in [5, 5.41) is 1.12. The molecule has 2 aromatic carbocycles. The van der Waals surface area contributed by atoms with Crippen molar-refractivity contribution in [2.45, 2.75) is 31.2 Å². The molecule has 0 fully saturated rings. The second-order valence-electron chi connectivity index (χ2n) is 7.90. The molecule has 0 saturated carbocycles. The molecule has 2 heterocycles. The van der Waals surface area contributed by atoms with E-state index in [-0.39, 0.29) is 16.5 Å². The lowest BCUT2D eigenvalue weighted by atomic mass is 9.98. The summed E-state index contributed by atoms with van der Waals surface area (Å²) in [4.78, 5) is 17.6. The molecule has 1 aliphatic rings. The summed E-state index contributed by atoms with van der Waals surface area (Å²) >= 11 is 0. The lowest BCUT2D eigenvalue weighted by Crippen LogP contribution is -2.35. The van der Waals surface area contributed by atoms with Crippen LogP contribution in [0, 0.1) is 5.82 Å². The molecular formula is C23H24FN3O3S. The molecule has 0 aliphatic carbocycles. The summed E-state index contributed by atoms with van der Waals surface area (Å²) < 4.78 is 41.7. The number of hydrogen-bond acceptors (Lipinski definition) is 3. The van der Waals surface area contributed by atoms with Crippen LogP contribution in [0.5, 0.6) is 0 Å². The number of para-hydroxylation sites is 1. The third kappa shape index (κ3) is 4.26. The average Bonchev–Trinajstić information content (AvgIpc) is 3.17. The number of nitrogens with zero attached hydrogens (tertiary/aromatic N) is 1. The van der Waals surface area contributed by atoms with Crippen LogP contribution in [0.1, 0.15) is 36.2 Å². The van der Waals surface area contributed by atoms with E-state index in [4.69, 9.17) is 0 Å². The number of amides is 1. The number of hydrogen-bond donors (Lipinski definition) is 2. The number of rotatable bonds is 5. The molecule has 31 heavy (non-hydrogen) atoms. The zero-order chi connectivity index (χ0) is 22.2. The maximum atomic E-state index is 14.4. The quantitative estimate of drug-likeness (QED) is 0.630. The van der Waals surface area contributed by atoms with Crippen molar-refractivity contribution in [3.8, 4) is 0 Å². The van der Waals surface area contributed by atoms with E-state index < -0.39 is 21.7 Å². The topological polar surface area (TPSA) is 82.3 Å². The maximum absolute atomic E-state index is 14.4. The first-order valence-electron chi connectivity index (χ1n) is 10.1. The van der Waals surface area contributed by atoms with Gasteiger partial charge in [0.1, 0.15) is 5.82 Å². The largest absolute Gasteiger partial charge is 0.361 e. The zero-order valence-electron chi connectivity index (χ0n) is 17.4. The number of aromatic amines is 1. The molecule has 1 aromatic heterocycles. The molecule has 1 amide bonds. The Bertz CT molecular complexity index is 1280. The highest BCUT2D eigenvalue weighted by Crippen LogP contribution is 2.29. The van der Waals surface area contributed by atoms with Crippen LogP contribution in [0.4, 0.5) is 4.39 Å². The van der Waals surface area contributed by atoms with E-state index in [2.05, 4.69) is 9.71 Å². The molecule has 162 valence electrons. The van der Waals surface area contributed by atoms with E-state index >= 15 is 0 Å². The number of carbonyl (C=O) groups excluding carboxylic acids is 1.